The molecule has 0 bridgehead atoms. The van der Waals surface area contributed by atoms with Crippen LogP contribution in [0.1, 0.15) is 24.5 Å². The summed E-state index contributed by atoms with van der Waals surface area (Å²) < 4.78 is 26.6. The fourth-order valence-electron chi connectivity index (χ4n) is 1.49. The first-order valence-electron chi connectivity index (χ1n) is 5.43. The summed E-state index contributed by atoms with van der Waals surface area (Å²) in [6.07, 6.45) is 5.29. The maximum absolute atomic E-state index is 13.3. The number of halogens is 2. The molecule has 4 heteroatoms. The molecule has 0 fully saturated rings. The molecule has 0 radical (unpaired) electrons. The Bertz CT molecular complexity index is 381. The highest BCUT2D eigenvalue weighted by Crippen LogP contribution is 2.19. The number of terminal acetylenes is 1. The van der Waals surface area contributed by atoms with Crippen molar-refractivity contribution in [2.75, 3.05) is 13.1 Å². The van der Waals surface area contributed by atoms with Gasteiger partial charge in [0.1, 0.15) is 11.6 Å². The van der Waals surface area contributed by atoms with Crippen LogP contribution in [0.5, 0.6) is 0 Å². The second-order valence-corrected chi connectivity index (χ2v) is 3.66. The molecule has 1 aromatic rings. The molecule has 0 amide bonds. The van der Waals surface area contributed by atoms with Gasteiger partial charge in [-0.25, -0.2) is 8.78 Å². The summed E-state index contributed by atoms with van der Waals surface area (Å²) in [6.45, 7) is 0.708. The predicted molar refractivity (Wildman–Crippen MR) is 62.3 cm³/mol. The van der Waals surface area contributed by atoms with E-state index in [0.717, 1.165) is 18.6 Å². The van der Waals surface area contributed by atoms with Gasteiger partial charge in [0.05, 0.1) is 11.7 Å². The Morgan fingerprint density at radius 2 is 2.00 bits per heavy atom. The van der Waals surface area contributed by atoms with Crippen LogP contribution in [-0.2, 0) is 0 Å². The Kier molecular flexibility index (Phi) is 5.61. The zero-order chi connectivity index (χ0) is 12.7. The van der Waals surface area contributed by atoms with Crippen molar-refractivity contribution in [1.29, 1.82) is 0 Å². The number of hydrogen-bond acceptors (Lipinski definition) is 2. The summed E-state index contributed by atoms with van der Waals surface area (Å²) in [5, 5.41) is 12.5. The van der Waals surface area contributed by atoms with Crippen molar-refractivity contribution in [3.05, 3.63) is 35.4 Å². The van der Waals surface area contributed by atoms with Crippen LogP contribution in [0.2, 0.25) is 0 Å². The molecule has 0 aliphatic carbocycles. The molecule has 1 rings (SSSR count). The molecule has 2 N–H and O–H groups in total. The topological polar surface area (TPSA) is 32.3 Å². The molecule has 0 spiro atoms. The van der Waals surface area contributed by atoms with Gasteiger partial charge in [-0.2, -0.15) is 0 Å². The van der Waals surface area contributed by atoms with E-state index in [9.17, 15) is 13.9 Å². The van der Waals surface area contributed by atoms with Crippen molar-refractivity contribution in [3.8, 4) is 12.3 Å². The largest absolute Gasteiger partial charge is 0.387 e. The minimum absolute atomic E-state index is 0.0996. The van der Waals surface area contributed by atoms with Crippen LogP contribution in [0.4, 0.5) is 8.78 Å². The lowest BCUT2D eigenvalue weighted by Gasteiger charge is -2.13. The monoisotopic (exact) mass is 239 g/mol. The molecule has 0 heterocycles. The Labute approximate surface area is 99.7 Å². The Hall–Kier alpha value is -1.44. The first-order chi connectivity index (χ1) is 8.16. The Balaban J connectivity index is 2.47. The summed E-state index contributed by atoms with van der Waals surface area (Å²) in [5.41, 5.74) is -0.294. The Morgan fingerprint density at radius 3 is 2.59 bits per heavy atom. The van der Waals surface area contributed by atoms with Gasteiger partial charge in [0.2, 0.25) is 0 Å². The van der Waals surface area contributed by atoms with Crippen molar-refractivity contribution >= 4 is 0 Å². The van der Waals surface area contributed by atoms with Gasteiger partial charge in [-0.1, -0.05) is 6.07 Å². The molecule has 0 aliphatic rings. The van der Waals surface area contributed by atoms with Crippen LogP contribution >= 0.6 is 0 Å². The summed E-state index contributed by atoms with van der Waals surface area (Å²) >= 11 is 0. The van der Waals surface area contributed by atoms with Crippen LogP contribution in [0.15, 0.2) is 18.2 Å². The van der Waals surface area contributed by atoms with Crippen LogP contribution in [0, 0.1) is 24.0 Å². The molecular weight excluding hydrogens is 224 g/mol. The third kappa shape index (κ3) is 4.14. The number of aliphatic hydroxyl groups excluding tert-OH is 1. The highest BCUT2D eigenvalue weighted by Gasteiger charge is 2.16. The van der Waals surface area contributed by atoms with E-state index in [-0.39, 0.29) is 12.1 Å². The molecule has 1 unspecified atom stereocenters. The van der Waals surface area contributed by atoms with Gasteiger partial charge in [-0.15, -0.1) is 12.3 Å². The quantitative estimate of drug-likeness (QED) is 0.588. The number of nitrogens with one attached hydrogen (secondary N) is 1. The molecule has 0 saturated heterocycles. The average Bonchev–Trinajstić information content (AvgIpc) is 2.28. The fourth-order valence-corrected chi connectivity index (χ4v) is 1.49. The molecule has 1 aromatic carbocycles. The summed E-state index contributed by atoms with van der Waals surface area (Å²) in [4.78, 5) is 0. The van der Waals surface area contributed by atoms with E-state index < -0.39 is 17.7 Å². The first kappa shape index (κ1) is 13.6. The first-order valence-corrected chi connectivity index (χ1v) is 5.43. The zero-order valence-corrected chi connectivity index (χ0v) is 9.42. The molecule has 2 nitrogen and oxygen atoms in total. The van der Waals surface area contributed by atoms with Gasteiger partial charge in [0, 0.05) is 13.0 Å². The van der Waals surface area contributed by atoms with E-state index in [1.165, 1.54) is 6.07 Å². The lowest BCUT2D eigenvalue weighted by molar-refractivity contribution is 0.165. The molecule has 1 atom stereocenters. The van der Waals surface area contributed by atoms with Crippen molar-refractivity contribution in [2.45, 2.75) is 18.9 Å². The lowest BCUT2D eigenvalue weighted by Crippen LogP contribution is -2.23. The smallest absolute Gasteiger partial charge is 0.131 e. The zero-order valence-electron chi connectivity index (χ0n) is 9.42. The van der Waals surface area contributed by atoms with Crippen molar-refractivity contribution in [2.24, 2.45) is 0 Å². The number of hydrogen-bond donors (Lipinski definition) is 2. The lowest BCUT2D eigenvalue weighted by atomic mass is 10.1. The minimum atomic E-state index is -1.19. The van der Waals surface area contributed by atoms with Gasteiger partial charge in [-0.05, 0) is 25.1 Å². The molecule has 17 heavy (non-hydrogen) atoms. The number of benzene rings is 1. The predicted octanol–water partition coefficient (Wildman–Crippen LogP) is 2.00. The maximum atomic E-state index is 13.3. The third-order valence-corrected chi connectivity index (χ3v) is 2.35. The number of aliphatic hydroxyl groups is 1. The summed E-state index contributed by atoms with van der Waals surface area (Å²) in [5.74, 6) is 1.02. The van der Waals surface area contributed by atoms with Gasteiger partial charge >= 0.3 is 0 Å². The van der Waals surface area contributed by atoms with E-state index in [0.29, 0.717) is 13.0 Å². The Morgan fingerprint density at radius 1 is 1.35 bits per heavy atom. The van der Waals surface area contributed by atoms with E-state index in [1.54, 1.807) is 0 Å². The SMILES string of the molecule is C#CCCCNCC(O)c1c(F)cccc1F. The fraction of sp³-hybridized carbons (Fsp3) is 0.385. The number of unbranched alkanes of at least 4 members (excludes halogenated alkanes) is 1. The van der Waals surface area contributed by atoms with Gasteiger partial charge < -0.3 is 10.4 Å². The summed E-state index contributed by atoms with van der Waals surface area (Å²) in [7, 11) is 0. The van der Waals surface area contributed by atoms with E-state index in [4.69, 9.17) is 6.42 Å². The van der Waals surface area contributed by atoms with Crippen LogP contribution in [-0.4, -0.2) is 18.2 Å². The van der Waals surface area contributed by atoms with E-state index in [2.05, 4.69) is 11.2 Å². The van der Waals surface area contributed by atoms with Crippen molar-refractivity contribution in [3.63, 3.8) is 0 Å². The normalized spacial score (nSPS) is 12.1. The molecule has 0 aromatic heterocycles. The molecule has 92 valence electrons. The minimum Gasteiger partial charge on any atom is -0.387 e. The second kappa shape index (κ2) is 7.00. The molecule has 0 saturated carbocycles. The third-order valence-electron chi connectivity index (χ3n) is 2.35. The van der Waals surface area contributed by atoms with Crippen LogP contribution in [0.3, 0.4) is 0 Å². The van der Waals surface area contributed by atoms with Crippen LogP contribution in [0.25, 0.3) is 0 Å². The molecule has 0 aliphatic heterocycles. The van der Waals surface area contributed by atoms with Crippen LogP contribution < -0.4 is 5.32 Å². The standard InChI is InChI=1S/C13H15F2NO/c1-2-3-4-8-16-9-12(17)13-10(14)6-5-7-11(13)15/h1,5-7,12,16-17H,3-4,8-9H2. The average molecular weight is 239 g/mol. The maximum Gasteiger partial charge on any atom is 0.131 e. The van der Waals surface area contributed by atoms with Gasteiger partial charge in [0.15, 0.2) is 0 Å². The van der Waals surface area contributed by atoms with E-state index >= 15 is 0 Å². The van der Waals surface area contributed by atoms with E-state index in [1.807, 2.05) is 0 Å². The van der Waals surface area contributed by atoms with Gasteiger partial charge in [-0.3, -0.25) is 0 Å². The highest BCUT2D eigenvalue weighted by molar-refractivity contribution is 5.22. The molecular formula is C13H15F2NO. The second-order valence-electron chi connectivity index (χ2n) is 3.66. The highest BCUT2D eigenvalue weighted by atomic mass is 19.1. The number of rotatable bonds is 6. The van der Waals surface area contributed by atoms with Crippen molar-refractivity contribution < 1.29 is 13.9 Å². The summed E-state index contributed by atoms with van der Waals surface area (Å²) in [6, 6.07) is 3.52. The van der Waals surface area contributed by atoms with Crippen molar-refractivity contribution in [1.82, 2.24) is 5.32 Å². The van der Waals surface area contributed by atoms with Gasteiger partial charge in [0.25, 0.3) is 0 Å².